The van der Waals surface area contributed by atoms with Crippen LogP contribution in [-0.4, -0.2) is 160 Å². The third-order valence-electron chi connectivity index (χ3n) is 13.5. The van der Waals surface area contributed by atoms with Gasteiger partial charge in [0.25, 0.3) is 0 Å². The average Bonchev–Trinajstić information content (AvgIpc) is 3.98. The molecule has 3 fully saturated rings. The Morgan fingerprint density at radius 3 is 2.22 bits per heavy atom. The van der Waals surface area contributed by atoms with Crippen molar-refractivity contribution in [3.8, 4) is 0 Å². The second-order valence-electron chi connectivity index (χ2n) is 18.9. The molecule has 23 heteroatoms. The maximum atomic E-state index is 15.0. The first kappa shape index (κ1) is 54.2. The number of nitrogens with zero attached hydrogens (tertiary/aromatic N) is 1. The van der Waals surface area contributed by atoms with Crippen LogP contribution in [0, 0.1) is 11.3 Å². The predicted octanol–water partition coefficient (Wildman–Crippen LogP) is -1.31. The van der Waals surface area contributed by atoms with Crippen LogP contribution in [0.15, 0.2) is 60.8 Å². The number of aliphatic hydroxyl groups is 1. The number of amides is 6. The van der Waals surface area contributed by atoms with Gasteiger partial charge in [0, 0.05) is 49.2 Å². The van der Waals surface area contributed by atoms with Crippen molar-refractivity contribution in [1.82, 2.24) is 52.4 Å². The second-order valence-corrected chi connectivity index (χ2v) is 18.9. The van der Waals surface area contributed by atoms with Crippen LogP contribution in [-0.2, 0) is 51.2 Å². The molecule has 3 heterocycles. The molecule has 1 aliphatic carbocycles. The molecule has 7 atom stereocenters. The van der Waals surface area contributed by atoms with Gasteiger partial charge in [-0.2, -0.15) is 0 Å². The van der Waals surface area contributed by atoms with Gasteiger partial charge in [-0.25, -0.2) is 0 Å². The summed E-state index contributed by atoms with van der Waals surface area (Å²) in [7, 11) is 0. The van der Waals surface area contributed by atoms with Crippen molar-refractivity contribution in [2.24, 2.45) is 11.7 Å². The van der Waals surface area contributed by atoms with Crippen molar-refractivity contribution in [3.63, 3.8) is 0 Å². The highest BCUT2D eigenvalue weighted by atomic mass is 16.4. The van der Waals surface area contributed by atoms with Gasteiger partial charge in [-0.3, -0.25) is 49.1 Å². The van der Waals surface area contributed by atoms with Crippen molar-refractivity contribution in [1.29, 1.82) is 5.41 Å². The van der Waals surface area contributed by atoms with Crippen LogP contribution in [0.25, 0.3) is 10.9 Å². The number of benzene rings is 2. The van der Waals surface area contributed by atoms with Gasteiger partial charge < -0.3 is 68.2 Å². The Morgan fingerprint density at radius 1 is 0.819 bits per heavy atom. The normalized spacial score (nSPS) is 25.1. The molecule has 72 heavy (non-hydrogen) atoms. The van der Waals surface area contributed by atoms with E-state index in [0.717, 1.165) is 10.9 Å². The molecular weight excluding hydrogens is 933 g/mol. The number of guanidine groups is 1. The van der Waals surface area contributed by atoms with Crippen molar-refractivity contribution in [2.75, 3.05) is 32.7 Å². The number of aromatic amines is 1. The number of para-hydroxylation sites is 1. The molecule has 1 aromatic heterocycles. The minimum atomic E-state index is -1.35. The van der Waals surface area contributed by atoms with Gasteiger partial charge in [0.1, 0.15) is 30.2 Å². The van der Waals surface area contributed by atoms with E-state index in [0.29, 0.717) is 36.8 Å². The number of hydrogen-bond donors (Lipinski definition) is 14. The van der Waals surface area contributed by atoms with Gasteiger partial charge in [-0.1, -0.05) is 48.5 Å². The van der Waals surface area contributed by atoms with Gasteiger partial charge in [0.05, 0.1) is 25.2 Å². The minimum Gasteiger partial charge on any atom is -0.480 e. The van der Waals surface area contributed by atoms with E-state index < -0.39 is 109 Å². The molecule has 1 unspecified atom stereocenters. The molecule has 1 saturated carbocycles. The number of carboxylic acids is 2. The van der Waals surface area contributed by atoms with E-state index in [-0.39, 0.29) is 82.9 Å². The number of H-pyrrole nitrogens is 1. The Kier molecular flexibility index (Phi) is 19.9. The molecule has 2 aliphatic heterocycles. The fourth-order valence-corrected chi connectivity index (χ4v) is 9.68. The fourth-order valence-electron chi connectivity index (χ4n) is 9.68. The summed E-state index contributed by atoms with van der Waals surface area (Å²) in [5, 5.41) is 60.3. The van der Waals surface area contributed by atoms with Crippen LogP contribution in [0.2, 0.25) is 0 Å². The molecule has 0 spiro atoms. The zero-order chi connectivity index (χ0) is 51.7. The number of aromatic nitrogens is 1. The van der Waals surface area contributed by atoms with Crippen LogP contribution >= 0.6 is 0 Å². The van der Waals surface area contributed by atoms with Crippen molar-refractivity contribution < 1.29 is 53.7 Å². The first-order valence-electron chi connectivity index (χ1n) is 24.6. The van der Waals surface area contributed by atoms with E-state index in [1.54, 1.807) is 36.5 Å². The Hall–Kier alpha value is -7.11. The number of fused-ring (bicyclic) bond motifs is 2. The fraction of sp³-hybridized carbons (Fsp3) is 0.531. The smallest absolute Gasteiger partial charge is 0.317 e. The average molecular weight is 1000 g/mol. The molecule has 6 amide bonds. The minimum absolute atomic E-state index is 0.0227. The molecule has 15 N–H and O–H groups in total. The highest BCUT2D eigenvalue weighted by Crippen LogP contribution is 2.29. The van der Waals surface area contributed by atoms with E-state index in [1.165, 1.54) is 4.90 Å². The van der Waals surface area contributed by atoms with Gasteiger partial charge in [0.2, 0.25) is 35.4 Å². The maximum absolute atomic E-state index is 15.0. The Morgan fingerprint density at radius 2 is 1.50 bits per heavy atom. The topological polar surface area (TPSA) is 362 Å². The van der Waals surface area contributed by atoms with E-state index in [9.17, 15) is 53.7 Å². The summed E-state index contributed by atoms with van der Waals surface area (Å²) < 4.78 is 0. The van der Waals surface area contributed by atoms with Crippen molar-refractivity contribution in [3.05, 3.63) is 71.9 Å². The van der Waals surface area contributed by atoms with Crippen LogP contribution < -0.4 is 48.3 Å². The zero-order valence-corrected chi connectivity index (χ0v) is 40.1. The first-order chi connectivity index (χ1) is 34.5. The number of hydrogen-bond acceptors (Lipinski definition) is 12. The van der Waals surface area contributed by atoms with Crippen LogP contribution in [0.5, 0.6) is 0 Å². The molecule has 3 aliphatic rings. The number of rotatable bonds is 18. The molecule has 6 rings (SSSR count). The molecule has 2 aromatic carbocycles. The van der Waals surface area contributed by atoms with Gasteiger partial charge in [-0.15, -0.1) is 0 Å². The first-order valence-corrected chi connectivity index (χ1v) is 24.6. The van der Waals surface area contributed by atoms with Crippen molar-refractivity contribution in [2.45, 2.75) is 125 Å². The number of nitrogens with two attached hydrogens (primary N) is 1. The summed E-state index contributed by atoms with van der Waals surface area (Å²) >= 11 is 0. The van der Waals surface area contributed by atoms with E-state index >= 15 is 0 Å². The van der Waals surface area contributed by atoms with E-state index in [2.05, 4.69) is 47.5 Å². The van der Waals surface area contributed by atoms with Crippen molar-refractivity contribution >= 4 is 64.2 Å². The standard InChI is InChI=1S/C49H68N12O11/c50-49(51)53-19-6-12-35-43(67)52-18-7-13-36(58-44(68)37(56-26-42(65)66)20-28-8-2-1-3-9-28)48(72)61-27-31(54-25-41(63)64)23-40(61)47(71)60-38(21-29-14-16-32(62)17-15-29)45(69)59-39(46(70)57-35)22-30-24-55-34-11-5-4-10-33(30)34/h1-5,8-11,24,29,31-32,35-40,54-56,62H,6-7,12-23,25-27H2,(H,52,67)(H,57,70)(H,58,68)(H,59,69)(H,60,71)(H,63,64)(H,65,66)(H4,50,51,53)/t29-,31-,32+,35+,36+,37?,38-,39+,40+/m1/s1. The molecule has 0 radical (unpaired) electrons. The lowest BCUT2D eigenvalue weighted by Gasteiger charge is -2.33. The Bertz CT molecular complexity index is 2390. The predicted molar refractivity (Wildman–Crippen MR) is 263 cm³/mol. The largest absolute Gasteiger partial charge is 0.480 e. The molecule has 390 valence electrons. The SMILES string of the molecule is N=C(N)NCCC[C@@H]1NC(=O)[C@H](Cc2c[nH]c3ccccc23)NC(=O)[C@@H](C[C@H]2CC[C@@H](O)CC2)NC(=O)[C@@H]2C[C@@H](NCC(=O)O)CN2C(=O)[C@@H](NC(=O)C(Cc2ccccc2)NCC(=O)O)CCCNC1=O. The number of carbonyl (C=O) groups excluding carboxylic acids is 6. The Balaban J connectivity index is 1.36. The lowest BCUT2D eigenvalue weighted by atomic mass is 9.83. The summed E-state index contributed by atoms with van der Waals surface area (Å²) in [5.74, 6) is -6.99. The van der Waals surface area contributed by atoms with Gasteiger partial charge in [-0.05, 0) is 93.7 Å². The van der Waals surface area contributed by atoms with E-state index in [1.807, 2.05) is 24.3 Å². The van der Waals surface area contributed by atoms with Crippen LogP contribution in [0.3, 0.4) is 0 Å². The third kappa shape index (κ3) is 16.0. The van der Waals surface area contributed by atoms with Gasteiger partial charge >= 0.3 is 11.9 Å². The summed E-state index contributed by atoms with van der Waals surface area (Å²) in [6.45, 7) is -1.09. The molecular formula is C49H68N12O11. The number of carbonyl (C=O) groups is 8. The Labute approximate surface area is 416 Å². The quantitative estimate of drug-likeness (QED) is 0.0400. The molecule has 0 bridgehead atoms. The van der Waals surface area contributed by atoms with Crippen LogP contribution in [0.1, 0.15) is 75.3 Å². The van der Waals surface area contributed by atoms with Gasteiger partial charge in [0.15, 0.2) is 5.96 Å². The molecule has 23 nitrogen and oxygen atoms in total. The highest BCUT2D eigenvalue weighted by molar-refractivity contribution is 5.97. The summed E-state index contributed by atoms with van der Waals surface area (Å²) in [5.41, 5.74) is 7.67. The molecule has 2 saturated heterocycles. The number of aliphatic hydroxyl groups excluding tert-OH is 1. The summed E-state index contributed by atoms with van der Waals surface area (Å²) in [6.07, 6.45) is 3.64. The summed E-state index contributed by atoms with van der Waals surface area (Å²) in [6, 6.07) is 8.05. The number of nitrogens with one attached hydrogen (secondary N) is 10. The van der Waals surface area contributed by atoms with Crippen LogP contribution in [0.4, 0.5) is 0 Å². The van der Waals surface area contributed by atoms with E-state index in [4.69, 9.17) is 11.1 Å². The third-order valence-corrected chi connectivity index (χ3v) is 13.5. The molecule has 3 aromatic rings. The lowest BCUT2D eigenvalue weighted by Crippen LogP contribution is -2.60. The number of carboxylic acid groups (broad SMARTS) is 2. The monoisotopic (exact) mass is 1000 g/mol. The number of aliphatic carboxylic acids is 2. The second kappa shape index (κ2) is 26.4. The highest BCUT2D eigenvalue weighted by Gasteiger charge is 2.44. The summed E-state index contributed by atoms with van der Waals surface area (Å²) in [4.78, 5) is 115. The lowest BCUT2D eigenvalue weighted by molar-refractivity contribution is -0.143. The zero-order valence-electron chi connectivity index (χ0n) is 40.1. The maximum Gasteiger partial charge on any atom is 0.317 e.